The van der Waals surface area contributed by atoms with Crippen molar-refractivity contribution in [1.82, 2.24) is 0 Å². The molecule has 2 aliphatic rings. The van der Waals surface area contributed by atoms with Crippen molar-refractivity contribution >= 4 is 17.6 Å². The second kappa shape index (κ2) is 5.85. The summed E-state index contributed by atoms with van der Waals surface area (Å²) >= 11 is 0. The van der Waals surface area contributed by atoms with E-state index in [0.29, 0.717) is 45.2 Å². The fourth-order valence-corrected chi connectivity index (χ4v) is 4.06. The predicted octanol–water partition coefficient (Wildman–Crippen LogP) is 4.07. The number of ether oxygens (including phenoxy) is 3. The lowest BCUT2D eigenvalue weighted by atomic mass is 9.77. The molecule has 2 N–H and O–H groups in total. The van der Waals surface area contributed by atoms with Crippen molar-refractivity contribution in [3.63, 3.8) is 0 Å². The summed E-state index contributed by atoms with van der Waals surface area (Å²) in [5.74, 6) is 0.505. The van der Waals surface area contributed by atoms with Gasteiger partial charge in [0.1, 0.15) is 17.2 Å². The second-order valence-corrected chi connectivity index (χ2v) is 7.23. The minimum Gasteiger partial charge on any atom is -0.456 e. The van der Waals surface area contributed by atoms with E-state index >= 15 is 0 Å². The summed E-state index contributed by atoms with van der Waals surface area (Å²) in [5.41, 5.74) is 8.87. The van der Waals surface area contributed by atoms with Crippen LogP contribution in [0.2, 0.25) is 0 Å². The maximum atomic E-state index is 12.8. The molecule has 5 rings (SSSR count). The number of hydrogen-bond donors (Lipinski definition) is 1. The Labute approximate surface area is 166 Å². The van der Waals surface area contributed by atoms with Gasteiger partial charge in [-0.3, -0.25) is 4.79 Å². The highest BCUT2D eigenvalue weighted by molar-refractivity contribution is 5.97. The number of carbonyl (C=O) groups excluding carboxylic acids is 2. The maximum Gasteiger partial charge on any atom is 0.340 e. The molecule has 2 aliphatic heterocycles. The second-order valence-electron chi connectivity index (χ2n) is 7.23. The summed E-state index contributed by atoms with van der Waals surface area (Å²) in [6, 6.07) is 15.9. The van der Waals surface area contributed by atoms with Gasteiger partial charge in [0, 0.05) is 35.4 Å². The van der Waals surface area contributed by atoms with Crippen LogP contribution in [0, 0.1) is 6.92 Å². The lowest BCUT2D eigenvalue weighted by Gasteiger charge is -2.36. The Balaban J connectivity index is 1.83. The Kier molecular flexibility index (Phi) is 3.49. The van der Waals surface area contributed by atoms with E-state index in [2.05, 4.69) is 0 Å². The zero-order chi connectivity index (χ0) is 20.3. The first kappa shape index (κ1) is 17.3. The van der Waals surface area contributed by atoms with Crippen LogP contribution >= 0.6 is 0 Å². The van der Waals surface area contributed by atoms with E-state index in [1.807, 2.05) is 25.1 Å². The number of fused-ring (bicyclic) bond motifs is 6. The van der Waals surface area contributed by atoms with E-state index in [4.69, 9.17) is 19.9 Å². The molecular weight excluding hydrogens is 370 g/mol. The van der Waals surface area contributed by atoms with Crippen LogP contribution in [-0.2, 0) is 15.1 Å². The van der Waals surface area contributed by atoms with Gasteiger partial charge < -0.3 is 19.9 Å². The van der Waals surface area contributed by atoms with Gasteiger partial charge in [-0.2, -0.15) is 0 Å². The number of hydrogen-bond acceptors (Lipinski definition) is 6. The molecule has 1 unspecified atom stereocenters. The van der Waals surface area contributed by atoms with E-state index in [1.54, 1.807) is 36.4 Å². The monoisotopic (exact) mass is 387 g/mol. The Morgan fingerprint density at radius 2 is 1.69 bits per heavy atom. The lowest BCUT2D eigenvalue weighted by molar-refractivity contribution is -0.131. The van der Waals surface area contributed by atoms with Crippen molar-refractivity contribution in [3.8, 4) is 17.2 Å². The third-order valence-corrected chi connectivity index (χ3v) is 5.22. The zero-order valence-corrected chi connectivity index (χ0v) is 15.8. The van der Waals surface area contributed by atoms with Crippen molar-refractivity contribution in [2.24, 2.45) is 0 Å². The molecule has 0 amide bonds. The minimum absolute atomic E-state index is 0.347. The van der Waals surface area contributed by atoms with Crippen molar-refractivity contribution in [1.29, 1.82) is 0 Å². The van der Waals surface area contributed by atoms with Crippen LogP contribution in [0.4, 0.5) is 5.69 Å². The predicted molar refractivity (Wildman–Crippen MR) is 105 cm³/mol. The van der Waals surface area contributed by atoms with Crippen LogP contribution in [0.3, 0.4) is 0 Å². The molecule has 0 fully saturated rings. The number of carbonyl (C=O) groups is 2. The Hall–Kier alpha value is -3.80. The number of aryl methyl sites for hydroxylation is 1. The Morgan fingerprint density at radius 3 is 2.45 bits per heavy atom. The number of nitrogens with two attached hydrogens (primary N) is 1. The molecule has 0 saturated heterocycles. The molecular formula is C23H17NO5. The van der Waals surface area contributed by atoms with Crippen molar-refractivity contribution in [2.75, 3.05) is 5.73 Å². The average molecular weight is 387 g/mol. The summed E-state index contributed by atoms with van der Waals surface area (Å²) < 4.78 is 17.4. The molecule has 2 heterocycles. The van der Waals surface area contributed by atoms with Crippen LogP contribution in [0.5, 0.6) is 17.2 Å². The van der Waals surface area contributed by atoms with Crippen LogP contribution in [0.25, 0.3) is 0 Å². The van der Waals surface area contributed by atoms with Crippen molar-refractivity contribution < 1.29 is 23.8 Å². The highest BCUT2D eigenvalue weighted by Gasteiger charge is 2.53. The molecule has 0 aromatic heterocycles. The fraction of sp³-hybridized carbons (Fsp3) is 0.130. The van der Waals surface area contributed by atoms with Crippen molar-refractivity contribution in [3.05, 3.63) is 82.4 Å². The molecule has 6 nitrogen and oxygen atoms in total. The van der Waals surface area contributed by atoms with Gasteiger partial charge in [-0.25, -0.2) is 4.79 Å². The number of esters is 2. The smallest absolute Gasteiger partial charge is 0.340 e. The van der Waals surface area contributed by atoms with Gasteiger partial charge in [-0.05, 0) is 48.9 Å². The number of benzene rings is 3. The maximum absolute atomic E-state index is 12.8. The van der Waals surface area contributed by atoms with E-state index < -0.39 is 17.5 Å². The molecule has 0 saturated carbocycles. The first-order valence-corrected chi connectivity index (χ1v) is 9.14. The fourth-order valence-electron chi connectivity index (χ4n) is 4.06. The summed E-state index contributed by atoms with van der Waals surface area (Å²) in [6.45, 7) is 3.28. The van der Waals surface area contributed by atoms with Crippen LogP contribution in [0.1, 0.15) is 39.5 Å². The van der Waals surface area contributed by atoms with Gasteiger partial charge in [0.15, 0.2) is 5.60 Å². The zero-order valence-electron chi connectivity index (χ0n) is 15.8. The molecule has 0 radical (unpaired) electrons. The third-order valence-electron chi connectivity index (χ3n) is 5.22. The van der Waals surface area contributed by atoms with Crippen LogP contribution in [-0.4, -0.2) is 11.9 Å². The van der Waals surface area contributed by atoms with Gasteiger partial charge in [-0.15, -0.1) is 0 Å². The largest absolute Gasteiger partial charge is 0.456 e. The highest BCUT2D eigenvalue weighted by Crippen LogP contribution is 2.56. The summed E-state index contributed by atoms with van der Waals surface area (Å²) in [5, 5.41) is 0. The van der Waals surface area contributed by atoms with E-state index in [-0.39, 0.29) is 0 Å². The van der Waals surface area contributed by atoms with E-state index in [0.717, 1.165) is 5.56 Å². The molecule has 3 aromatic carbocycles. The molecule has 0 aliphatic carbocycles. The molecule has 144 valence electrons. The van der Waals surface area contributed by atoms with Crippen LogP contribution < -0.4 is 15.2 Å². The van der Waals surface area contributed by atoms with Crippen molar-refractivity contribution in [2.45, 2.75) is 19.4 Å². The molecule has 0 bridgehead atoms. The van der Waals surface area contributed by atoms with Crippen LogP contribution in [0.15, 0.2) is 54.6 Å². The molecule has 1 atom stereocenters. The Bertz CT molecular complexity index is 1220. The topological polar surface area (TPSA) is 87.9 Å². The molecule has 29 heavy (non-hydrogen) atoms. The first-order valence-electron chi connectivity index (χ1n) is 9.14. The SMILES string of the molecule is CC(=O)Oc1ccc2c(c1)Oc1cc(C)ccc1C21OC(=O)c2ccc(N)cc21. The number of rotatable bonds is 1. The minimum atomic E-state index is -1.19. The van der Waals surface area contributed by atoms with E-state index in [9.17, 15) is 9.59 Å². The summed E-state index contributed by atoms with van der Waals surface area (Å²) in [6.07, 6.45) is 0. The third kappa shape index (κ3) is 2.42. The normalized spacial score (nSPS) is 18.3. The summed E-state index contributed by atoms with van der Waals surface area (Å²) in [7, 11) is 0. The number of nitrogen functional groups attached to an aromatic ring is 1. The van der Waals surface area contributed by atoms with Gasteiger partial charge in [0.2, 0.25) is 0 Å². The molecule has 1 spiro atoms. The quantitative estimate of drug-likeness (QED) is 0.385. The average Bonchev–Trinajstić information content (AvgIpc) is 2.93. The molecule has 6 heteroatoms. The standard InChI is InChI=1S/C23H17NO5/c1-12-3-7-17-20(9-12)28-21-11-15(27-13(2)25)5-8-18(21)23(17)19-10-14(24)4-6-16(19)22(26)29-23/h3-11H,24H2,1-2H3. The van der Waals surface area contributed by atoms with Gasteiger partial charge in [0.25, 0.3) is 0 Å². The molecule has 3 aromatic rings. The van der Waals surface area contributed by atoms with E-state index in [1.165, 1.54) is 6.92 Å². The van der Waals surface area contributed by atoms with Gasteiger partial charge >= 0.3 is 11.9 Å². The number of anilines is 1. The Morgan fingerprint density at radius 1 is 0.966 bits per heavy atom. The summed E-state index contributed by atoms with van der Waals surface area (Å²) in [4.78, 5) is 24.1. The first-order chi connectivity index (χ1) is 13.9. The van der Waals surface area contributed by atoms with Gasteiger partial charge in [0.05, 0.1) is 5.56 Å². The highest BCUT2D eigenvalue weighted by atomic mass is 16.6. The lowest BCUT2D eigenvalue weighted by Crippen LogP contribution is -2.33. The van der Waals surface area contributed by atoms with Gasteiger partial charge in [-0.1, -0.05) is 12.1 Å².